The van der Waals surface area contributed by atoms with Gasteiger partial charge in [0.05, 0.1) is 21.3 Å². The summed E-state index contributed by atoms with van der Waals surface area (Å²) < 4.78 is 33.5. The summed E-state index contributed by atoms with van der Waals surface area (Å²) in [5.74, 6) is 0. The first-order valence-corrected chi connectivity index (χ1v) is 12.3. The molecular weight excluding hydrogens is 434 g/mol. The number of amides is 1. The molecule has 2 aromatic heterocycles. The lowest BCUT2D eigenvalue weighted by atomic mass is 10.1. The van der Waals surface area contributed by atoms with E-state index in [2.05, 4.69) is 5.10 Å². The molecule has 0 radical (unpaired) electrons. The third kappa shape index (κ3) is 4.38. The van der Waals surface area contributed by atoms with E-state index in [9.17, 15) is 13.2 Å². The SMILES string of the molecule is Cc1ccc(S(=O)(=O)n2ncc3sc(C4=CCN(C(=O)OC(C)(C)C)CC4)cc32)cc1. The second-order valence-electron chi connectivity index (χ2n) is 8.57. The van der Waals surface area contributed by atoms with Gasteiger partial charge in [0, 0.05) is 18.0 Å². The van der Waals surface area contributed by atoms with Gasteiger partial charge in [0.25, 0.3) is 10.0 Å². The highest BCUT2D eigenvalue weighted by Crippen LogP contribution is 2.34. The summed E-state index contributed by atoms with van der Waals surface area (Å²) in [7, 11) is -3.77. The van der Waals surface area contributed by atoms with Crippen LogP contribution in [0.15, 0.2) is 47.5 Å². The lowest BCUT2D eigenvalue weighted by Crippen LogP contribution is -2.39. The summed E-state index contributed by atoms with van der Waals surface area (Å²) in [6.07, 6.45) is 3.95. The molecule has 1 aliphatic heterocycles. The zero-order valence-corrected chi connectivity index (χ0v) is 19.6. The number of benzene rings is 1. The van der Waals surface area contributed by atoms with Gasteiger partial charge in [0.2, 0.25) is 0 Å². The molecule has 0 N–H and O–H groups in total. The quantitative estimate of drug-likeness (QED) is 0.569. The number of thiophene rings is 1. The molecule has 0 unspecified atom stereocenters. The third-order valence-electron chi connectivity index (χ3n) is 4.95. The Morgan fingerprint density at radius 2 is 1.90 bits per heavy atom. The third-order valence-corrected chi connectivity index (χ3v) is 7.70. The summed E-state index contributed by atoms with van der Waals surface area (Å²) in [6, 6.07) is 8.61. The molecule has 0 atom stereocenters. The summed E-state index contributed by atoms with van der Waals surface area (Å²) in [4.78, 5) is 15.1. The first kappa shape index (κ1) is 21.6. The molecule has 0 fully saturated rings. The number of hydrogen-bond acceptors (Lipinski definition) is 6. The molecule has 0 saturated heterocycles. The average Bonchev–Trinajstić information content (AvgIpc) is 3.28. The molecule has 0 saturated carbocycles. The maximum Gasteiger partial charge on any atom is 0.410 e. The van der Waals surface area contributed by atoms with Crippen molar-refractivity contribution in [3.8, 4) is 0 Å². The summed E-state index contributed by atoms with van der Waals surface area (Å²) in [5, 5.41) is 4.13. The highest BCUT2D eigenvalue weighted by molar-refractivity contribution is 7.90. The van der Waals surface area contributed by atoms with E-state index in [4.69, 9.17) is 4.74 Å². The minimum absolute atomic E-state index is 0.209. The normalized spacial score (nSPS) is 15.2. The minimum Gasteiger partial charge on any atom is -0.444 e. The van der Waals surface area contributed by atoms with Gasteiger partial charge in [-0.25, -0.2) is 4.79 Å². The zero-order chi connectivity index (χ0) is 22.4. The highest BCUT2D eigenvalue weighted by Gasteiger charge is 2.26. The molecular formula is C22H25N3O4S2. The Bertz CT molecular complexity index is 1260. The number of fused-ring (bicyclic) bond motifs is 1. The fourth-order valence-corrected chi connectivity index (χ4v) is 5.74. The Labute approximate surface area is 186 Å². The zero-order valence-electron chi connectivity index (χ0n) is 18.0. The molecule has 4 rings (SSSR count). The topological polar surface area (TPSA) is 81.5 Å². The van der Waals surface area contributed by atoms with Crippen LogP contribution in [0.3, 0.4) is 0 Å². The minimum atomic E-state index is -3.77. The first-order valence-electron chi connectivity index (χ1n) is 10.0. The molecule has 164 valence electrons. The second kappa shape index (κ2) is 7.80. The summed E-state index contributed by atoms with van der Waals surface area (Å²) in [6.45, 7) is 8.48. The van der Waals surface area contributed by atoms with Crippen molar-refractivity contribution in [2.24, 2.45) is 0 Å². The van der Waals surface area contributed by atoms with Crippen LogP contribution < -0.4 is 0 Å². The molecule has 1 amide bonds. The van der Waals surface area contributed by atoms with Crippen LogP contribution in [-0.2, 0) is 14.8 Å². The van der Waals surface area contributed by atoms with E-state index in [0.29, 0.717) is 25.0 Å². The van der Waals surface area contributed by atoms with Crippen molar-refractivity contribution in [2.75, 3.05) is 13.1 Å². The highest BCUT2D eigenvalue weighted by atomic mass is 32.2. The first-order chi connectivity index (χ1) is 14.5. The van der Waals surface area contributed by atoms with Gasteiger partial charge in [-0.1, -0.05) is 23.8 Å². The van der Waals surface area contributed by atoms with Crippen LogP contribution in [0.2, 0.25) is 0 Å². The Morgan fingerprint density at radius 1 is 1.19 bits per heavy atom. The molecule has 3 aromatic rings. The van der Waals surface area contributed by atoms with Gasteiger partial charge in [-0.05, 0) is 57.9 Å². The monoisotopic (exact) mass is 459 g/mol. The van der Waals surface area contributed by atoms with Gasteiger partial charge < -0.3 is 9.64 Å². The smallest absolute Gasteiger partial charge is 0.410 e. The fourth-order valence-electron chi connectivity index (χ4n) is 3.35. The predicted octanol–water partition coefficient (Wildman–Crippen LogP) is 4.67. The Morgan fingerprint density at radius 3 is 2.52 bits per heavy atom. The standard InChI is InChI=1S/C22H25N3O4S2/c1-15-5-7-17(8-6-15)31(27,28)25-18-13-19(30-20(18)14-23-25)16-9-11-24(12-10-16)21(26)29-22(2,3)4/h5-9,13-14H,10-12H2,1-4H3. The molecule has 1 aliphatic rings. The molecule has 0 bridgehead atoms. The maximum atomic E-state index is 13.1. The number of carbonyl (C=O) groups excluding carboxylic acids is 1. The van der Waals surface area contributed by atoms with E-state index < -0.39 is 15.6 Å². The van der Waals surface area contributed by atoms with Gasteiger partial charge in [0.15, 0.2) is 0 Å². The van der Waals surface area contributed by atoms with Crippen molar-refractivity contribution < 1.29 is 17.9 Å². The van der Waals surface area contributed by atoms with Crippen molar-refractivity contribution in [2.45, 2.75) is 44.6 Å². The molecule has 3 heterocycles. The predicted molar refractivity (Wildman–Crippen MR) is 122 cm³/mol. The van der Waals surface area contributed by atoms with Crippen LogP contribution in [-0.4, -0.2) is 47.3 Å². The number of aromatic nitrogens is 2. The van der Waals surface area contributed by atoms with E-state index in [0.717, 1.165) is 24.8 Å². The average molecular weight is 460 g/mol. The van der Waals surface area contributed by atoms with Crippen LogP contribution in [0.4, 0.5) is 4.79 Å². The molecule has 9 heteroatoms. The number of hydrogen-bond donors (Lipinski definition) is 0. The van der Waals surface area contributed by atoms with E-state index in [-0.39, 0.29) is 11.0 Å². The Kier molecular flexibility index (Phi) is 5.43. The number of nitrogens with zero attached hydrogens (tertiary/aromatic N) is 3. The molecule has 31 heavy (non-hydrogen) atoms. The van der Waals surface area contributed by atoms with Crippen molar-refractivity contribution >= 4 is 43.2 Å². The van der Waals surface area contributed by atoms with Crippen molar-refractivity contribution in [3.05, 3.63) is 53.0 Å². The van der Waals surface area contributed by atoms with Crippen molar-refractivity contribution in [3.63, 3.8) is 0 Å². The Balaban J connectivity index is 1.58. The van der Waals surface area contributed by atoms with Gasteiger partial charge in [-0.2, -0.15) is 17.6 Å². The number of rotatable bonds is 3. The summed E-state index contributed by atoms with van der Waals surface area (Å²) in [5.41, 5.74) is 2.13. The second-order valence-corrected chi connectivity index (χ2v) is 11.4. The number of aryl methyl sites for hydroxylation is 1. The van der Waals surface area contributed by atoms with Gasteiger partial charge in [-0.15, -0.1) is 11.3 Å². The van der Waals surface area contributed by atoms with E-state index in [1.807, 2.05) is 39.8 Å². The van der Waals surface area contributed by atoms with Gasteiger partial charge >= 0.3 is 6.09 Å². The van der Waals surface area contributed by atoms with E-state index >= 15 is 0 Å². The van der Waals surface area contributed by atoms with Crippen molar-refractivity contribution in [1.82, 2.24) is 14.1 Å². The van der Waals surface area contributed by atoms with Crippen LogP contribution in [0.5, 0.6) is 0 Å². The number of carbonyl (C=O) groups is 1. The van der Waals surface area contributed by atoms with Gasteiger partial charge in [0.1, 0.15) is 5.60 Å². The van der Waals surface area contributed by atoms with E-state index in [1.54, 1.807) is 35.4 Å². The van der Waals surface area contributed by atoms with Crippen LogP contribution >= 0.6 is 11.3 Å². The summed E-state index contributed by atoms with van der Waals surface area (Å²) >= 11 is 1.51. The van der Waals surface area contributed by atoms with Gasteiger partial charge in [-0.3, -0.25) is 0 Å². The molecule has 0 spiro atoms. The van der Waals surface area contributed by atoms with Crippen LogP contribution in [0.25, 0.3) is 15.8 Å². The van der Waals surface area contributed by atoms with E-state index in [1.165, 1.54) is 11.3 Å². The maximum absolute atomic E-state index is 13.1. The van der Waals surface area contributed by atoms with Crippen LogP contribution in [0, 0.1) is 6.92 Å². The Hall–Kier alpha value is -2.65. The largest absolute Gasteiger partial charge is 0.444 e. The lowest BCUT2D eigenvalue weighted by molar-refractivity contribution is 0.0270. The number of ether oxygens (including phenoxy) is 1. The van der Waals surface area contributed by atoms with Crippen LogP contribution in [0.1, 0.15) is 37.6 Å². The van der Waals surface area contributed by atoms with Crippen molar-refractivity contribution in [1.29, 1.82) is 0 Å². The molecule has 7 nitrogen and oxygen atoms in total. The molecule has 0 aliphatic carbocycles. The molecule has 1 aromatic carbocycles. The fraction of sp³-hybridized carbons (Fsp3) is 0.364. The lowest BCUT2D eigenvalue weighted by Gasteiger charge is -2.29.